The van der Waals surface area contributed by atoms with Gasteiger partial charge in [-0.3, -0.25) is 0 Å². The Morgan fingerprint density at radius 3 is 2.79 bits per heavy atom. The molecule has 1 fully saturated rings. The molecule has 2 unspecified atom stereocenters. The van der Waals surface area contributed by atoms with Crippen LogP contribution in [0.4, 0.5) is 5.69 Å². The minimum Gasteiger partial charge on any atom is -0.317 e. The van der Waals surface area contributed by atoms with E-state index in [0.717, 1.165) is 11.5 Å². The quantitative estimate of drug-likeness (QED) is 0.734. The molecule has 2 aliphatic heterocycles. The third kappa shape index (κ3) is 1.78. The highest BCUT2D eigenvalue weighted by Gasteiger charge is 2.44. The Hall–Kier alpha value is -1.12. The van der Waals surface area contributed by atoms with E-state index in [4.69, 9.17) is 11.6 Å². The molecule has 1 aromatic carbocycles. The molecule has 0 saturated carbocycles. The fourth-order valence-corrected chi connectivity index (χ4v) is 4.60. The smallest absolute Gasteiger partial charge is 0.0455 e. The van der Waals surface area contributed by atoms with E-state index < -0.39 is 0 Å². The molecular weight excluding hydrogens is 274 g/mol. The van der Waals surface area contributed by atoms with Gasteiger partial charge in [-0.25, -0.2) is 0 Å². The molecule has 0 radical (unpaired) electrons. The van der Waals surface area contributed by atoms with E-state index in [1.165, 1.54) is 22.8 Å². The third-order valence-electron chi connectivity index (χ3n) is 4.11. The second kappa shape index (κ2) is 4.46. The second-order valence-corrected chi connectivity index (χ2v) is 6.49. The van der Waals surface area contributed by atoms with Gasteiger partial charge < -0.3 is 4.90 Å². The molecule has 3 aliphatic rings. The third-order valence-corrected chi connectivity index (χ3v) is 5.33. The predicted octanol–water partition coefficient (Wildman–Crippen LogP) is 4.74. The van der Waals surface area contributed by atoms with Crippen molar-refractivity contribution in [1.29, 1.82) is 0 Å². The molecule has 0 amide bonds. The molecule has 2 heterocycles. The minimum absolute atomic E-state index is 0.601. The summed E-state index contributed by atoms with van der Waals surface area (Å²) in [7, 11) is 0. The summed E-state index contributed by atoms with van der Waals surface area (Å²) in [6, 6.07) is 10.6. The van der Waals surface area contributed by atoms with Crippen LogP contribution >= 0.6 is 23.4 Å². The van der Waals surface area contributed by atoms with Crippen LogP contribution < -0.4 is 4.90 Å². The van der Waals surface area contributed by atoms with Gasteiger partial charge in [0.25, 0.3) is 0 Å². The summed E-state index contributed by atoms with van der Waals surface area (Å²) in [5, 5.41) is 3.20. The van der Waals surface area contributed by atoms with Gasteiger partial charge in [0.2, 0.25) is 0 Å². The van der Waals surface area contributed by atoms with Crippen molar-refractivity contribution in [1.82, 2.24) is 0 Å². The van der Waals surface area contributed by atoms with Crippen molar-refractivity contribution < 1.29 is 0 Å². The number of anilines is 1. The number of nitrogens with zero attached hydrogens (tertiary/aromatic N) is 1. The molecule has 1 aliphatic carbocycles. The average molecular weight is 288 g/mol. The monoisotopic (exact) mass is 287 g/mol. The van der Waals surface area contributed by atoms with Gasteiger partial charge in [0.15, 0.2) is 0 Å². The number of allylic oxidation sites excluding steroid dienone is 5. The predicted molar refractivity (Wildman–Crippen MR) is 83.1 cm³/mol. The van der Waals surface area contributed by atoms with Crippen molar-refractivity contribution in [2.24, 2.45) is 11.8 Å². The van der Waals surface area contributed by atoms with Crippen LogP contribution in [0.15, 0.2) is 64.3 Å². The van der Waals surface area contributed by atoms with Crippen LogP contribution in [0.3, 0.4) is 0 Å². The number of para-hydroxylation sites is 1. The molecule has 0 spiro atoms. The molecule has 2 atom stereocenters. The lowest BCUT2D eigenvalue weighted by Crippen LogP contribution is -2.17. The molecule has 0 aromatic heterocycles. The summed E-state index contributed by atoms with van der Waals surface area (Å²) in [5.74, 6) is 2.45. The van der Waals surface area contributed by atoms with Crippen molar-refractivity contribution in [3.63, 3.8) is 0 Å². The van der Waals surface area contributed by atoms with Crippen LogP contribution in [-0.4, -0.2) is 5.75 Å². The Morgan fingerprint density at radius 2 is 1.95 bits per heavy atom. The first-order valence-electron chi connectivity index (χ1n) is 6.58. The summed E-state index contributed by atoms with van der Waals surface area (Å²) in [6.07, 6.45) is 5.37. The Labute approximate surface area is 122 Å². The van der Waals surface area contributed by atoms with Crippen molar-refractivity contribution >= 4 is 29.1 Å². The lowest BCUT2D eigenvalue weighted by atomic mass is 9.88. The standard InChI is InChI=1S/C16H14ClNS/c17-11-6-7-13-14-9-19-10-16(14)18(15(13)8-11)12-4-2-1-3-5-12/h1-6,8,10,13-14H,7,9H2. The fraction of sp³-hybridized carbons (Fsp3) is 0.250. The number of benzene rings is 1. The van der Waals surface area contributed by atoms with Gasteiger partial charge in [0.1, 0.15) is 0 Å². The summed E-state index contributed by atoms with van der Waals surface area (Å²) < 4.78 is 0. The van der Waals surface area contributed by atoms with Crippen LogP contribution in [0.2, 0.25) is 0 Å². The summed E-state index contributed by atoms with van der Waals surface area (Å²) >= 11 is 8.16. The largest absolute Gasteiger partial charge is 0.317 e. The van der Waals surface area contributed by atoms with Crippen molar-refractivity contribution in [2.75, 3.05) is 10.7 Å². The van der Waals surface area contributed by atoms with E-state index in [2.05, 4.69) is 52.8 Å². The highest BCUT2D eigenvalue weighted by atomic mass is 35.5. The second-order valence-electron chi connectivity index (χ2n) is 5.15. The van der Waals surface area contributed by atoms with E-state index in [0.29, 0.717) is 11.8 Å². The molecule has 4 rings (SSSR count). The maximum Gasteiger partial charge on any atom is 0.0455 e. The van der Waals surface area contributed by atoms with E-state index >= 15 is 0 Å². The zero-order valence-electron chi connectivity index (χ0n) is 10.4. The van der Waals surface area contributed by atoms with Gasteiger partial charge in [-0.2, -0.15) is 0 Å². The van der Waals surface area contributed by atoms with Gasteiger partial charge in [-0.05, 0) is 30.0 Å². The van der Waals surface area contributed by atoms with Crippen LogP contribution in [0.5, 0.6) is 0 Å². The Morgan fingerprint density at radius 1 is 1.11 bits per heavy atom. The van der Waals surface area contributed by atoms with Gasteiger partial charge in [0, 0.05) is 39.7 Å². The number of halogens is 1. The summed E-state index contributed by atoms with van der Waals surface area (Å²) in [5.41, 5.74) is 4.07. The number of rotatable bonds is 1. The Kier molecular flexibility index (Phi) is 2.75. The maximum atomic E-state index is 6.23. The first-order chi connectivity index (χ1) is 9.34. The number of hydrogen-bond donors (Lipinski definition) is 0. The van der Waals surface area contributed by atoms with E-state index in [-0.39, 0.29) is 0 Å². The highest BCUT2D eigenvalue weighted by Crippen LogP contribution is 2.52. The summed E-state index contributed by atoms with van der Waals surface area (Å²) in [6.45, 7) is 0. The number of fused-ring (bicyclic) bond motifs is 3. The SMILES string of the molecule is ClC1=CCC2C(=C1)N(c1ccccc1)C1=CSCC12. The molecule has 19 heavy (non-hydrogen) atoms. The first-order valence-corrected chi connectivity index (χ1v) is 8.01. The van der Waals surface area contributed by atoms with Crippen molar-refractivity contribution in [3.8, 4) is 0 Å². The van der Waals surface area contributed by atoms with Crippen molar-refractivity contribution in [3.05, 3.63) is 64.3 Å². The molecule has 1 saturated heterocycles. The van der Waals surface area contributed by atoms with Crippen LogP contribution in [0.1, 0.15) is 6.42 Å². The van der Waals surface area contributed by atoms with Crippen LogP contribution in [0.25, 0.3) is 0 Å². The first kappa shape index (κ1) is 11.7. The normalized spacial score (nSPS) is 28.5. The molecule has 1 aromatic rings. The van der Waals surface area contributed by atoms with Gasteiger partial charge in [-0.15, -0.1) is 11.8 Å². The molecular formula is C16H14ClNS. The molecule has 3 heteroatoms. The summed E-state index contributed by atoms with van der Waals surface area (Å²) in [4.78, 5) is 2.41. The molecule has 0 bridgehead atoms. The lowest BCUT2D eigenvalue weighted by Gasteiger charge is -2.25. The number of hydrogen-bond acceptors (Lipinski definition) is 2. The zero-order valence-corrected chi connectivity index (χ0v) is 12.0. The van der Waals surface area contributed by atoms with Gasteiger partial charge >= 0.3 is 0 Å². The Balaban J connectivity index is 1.85. The zero-order chi connectivity index (χ0) is 12.8. The van der Waals surface area contributed by atoms with Crippen LogP contribution in [0, 0.1) is 11.8 Å². The van der Waals surface area contributed by atoms with Gasteiger partial charge in [0.05, 0.1) is 0 Å². The molecule has 96 valence electrons. The van der Waals surface area contributed by atoms with E-state index in [1.54, 1.807) is 0 Å². The van der Waals surface area contributed by atoms with Crippen LogP contribution in [-0.2, 0) is 0 Å². The van der Waals surface area contributed by atoms with E-state index in [9.17, 15) is 0 Å². The topological polar surface area (TPSA) is 3.24 Å². The fourth-order valence-electron chi connectivity index (χ4n) is 3.24. The maximum absolute atomic E-state index is 6.23. The Bertz CT molecular complexity index is 602. The minimum atomic E-state index is 0.601. The highest BCUT2D eigenvalue weighted by molar-refractivity contribution is 8.02. The number of thioether (sulfide) groups is 1. The molecule has 0 N–H and O–H groups in total. The van der Waals surface area contributed by atoms with Crippen molar-refractivity contribution in [2.45, 2.75) is 6.42 Å². The van der Waals surface area contributed by atoms with E-state index in [1.807, 2.05) is 11.8 Å². The van der Waals surface area contributed by atoms with Gasteiger partial charge in [-0.1, -0.05) is 35.9 Å². The average Bonchev–Trinajstić information content (AvgIpc) is 2.99. The lowest BCUT2D eigenvalue weighted by molar-refractivity contribution is 0.525. The molecule has 1 nitrogen and oxygen atoms in total.